The Morgan fingerprint density at radius 2 is 1.78 bits per heavy atom. The minimum Gasteiger partial charge on any atom is -0.457 e. The summed E-state index contributed by atoms with van der Waals surface area (Å²) in [7, 11) is 0. The zero-order valence-electron chi connectivity index (χ0n) is 14.6. The zero-order chi connectivity index (χ0) is 17.4. The molecule has 0 fully saturated rings. The Morgan fingerprint density at radius 3 is 2.35 bits per heavy atom. The largest absolute Gasteiger partial charge is 0.457 e. The number of carbonyl (C=O) groups is 1. The molecule has 0 aliphatic carbocycles. The highest BCUT2D eigenvalue weighted by Crippen LogP contribution is 2.29. The molecule has 0 spiro atoms. The molecule has 3 nitrogen and oxygen atoms in total. The van der Waals surface area contributed by atoms with Crippen molar-refractivity contribution in [2.45, 2.75) is 52.7 Å². The normalized spacial score (nSPS) is 13.0. The van der Waals surface area contributed by atoms with E-state index in [1.807, 2.05) is 26.8 Å². The molecule has 0 aliphatic rings. The summed E-state index contributed by atoms with van der Waals surface area (Å²) in [6, 6.07) is 6.60. The number of nitrogens with zero attached hydrogens (tertiary/aromatic N) is 1. The highest BCUT2D eigenvalue weighted by molar-refractivity contribution is 5.90. The van der Waals surface area contributed by atoms with Crippen molar-refractivity contribution < 1.29 is 13.9 Å². The summed E-state index contributed by atoms with van der Waals surface area (Å²) in [6.07, 6.45) is 3.13. The average molecular weight is 317 g/mol. The van der Waals surface area contributed by atoms with Crippen molar-refractivity contribution in [1.29, 1.82) is 0 Å². The third-order valence-electron chi connectivity index (χ3n) is 3.26. The van der Waals surface area contributed by atoms with Crippen molar-refractivity contribution in [2.75, 3.05) is 0 Å². The molecular weight excluding hydrogens is 293 g/mol. The Bertz CT molecular complexity index is 758. The number of rotatable bonds is 2. The van der Waals surface area contributed by atoms with Crippen molar-refractivity contribution in [3.8, 4) is 0 Å². The first-order chi connectivity index (χ1) is 10.5. The van der Waals surface area contributed by atoms with Crippen LogP contribution in [0.25, 0.3) is 17.0 Å². The zero-order valence-corrected chi connectivity index (χ0v) is 14.6. The Labute approximate surface area is 136 Å². The molecule has 0 atom stereocenters. The molecule has 0 radical (unpaired) electrons. The van der Waals surface area contributed by atoms with Crippen LogP contribution < -0.4 is 0 Å². The molecule has 0 saturated carbocycles. The molecule has 2 aromatic rings. The van der Waals surface area contributed by atoms with E-state index in [1.54, 1.807) is 12.1 Å². The average Bonchev–Trinajstić information content (AvgIpc) is 2.71. The number of esters is 1. The van der Waals surface area contributed by atoms with E-state index in [0.29, 0.717) is 0 Å². The lowest BCUT2D eigenvalue weighted by Gasteiger charge is -2.25. The maximum atomic E-state index is 13.5. The van der Waals surface area contributed by atoms with Crippen LogP contribution in [0.4, 0.5) is 4.39 Å². The van der Waals surface area contributed by atoms with Gasteiger partial charge >= 0.3 is 5.97 Å². The molecular formula is C19H24FNO2. The summed E-state index contributed by atoms with van der Waals surface area (Å²) in [5.74, 6) is -0.666. The van der Waals surface area contributed by atoms with E-state index in [4.69, 9.17) is 4.74 Å². The predicted octanol–water partition coefficient (Wildman–Crippen LogP) is 4.89. The molecule has 0 bridgehead atoms. The number of ether oxygens (including phenoxy) is 1. The summed E-state index contributed by atoms with van der Waals surface area (Å²) in [4.78, 5) is 11.9. The molecule has 0 aliphatic heterocycles. The van der Waals surface area contributed by atoms with Gasteiger partial charge < -0.3 is 9.30 Å². The number of aromatic nitrogens is 1. The summed E-state index contributed by atoms with van der Waals surface area (Å²) in [5.41, 5.74) is 1.04. The van der Waals surface area contributed by atoms with Gasteiger partial charge in [0.2, 0.25) is 0 Å². The minimum atomic E-state index is -0.527. The molecule has 1 heterocycles. The molecule has 23 heavy (non-hydrogen) atoms. The number of halogens is 1. The Hall–Kier alpha value is -2.10. The van der Waals surface area contributed by atoms with E-state index in [9.17, 15) is 9.18 Å². The van der Waals surface area contributed by atoms with Crippen molar-refractivity contribution in [3.05, 3.63) is 41.9 Å². The van der Waals surface area contributed by atoms with E-state index < -0.39 is 11.6 Å². The number of carbonyl (C=O) groups excluding carboxylic acids is 1. The van der Waals surface area contributed by atoms with Gasteiger partial charge in [0.15, 0.2) is 0 Å². The summed E-state index contributed by atoms with van der Waals surface area (Å²) in [6.45, 7) is 11.7. The number of hydrogen-bond acceptors (Lipinski definition) is 2. The van der Waals surface area contributed by atoms with Gasteiger partial charge in [-0.3, -0.25) is 0 Å². The van der Waals surface area contributed by atoms with E-state index in [1.165, 1.54) is 18.2 Å². The van der Waals surface area contributed by atoms with Crippen LogP contribution in [-0.4, -0.2) is 16.1 Å². The molecule has 124 valence electrons. The van der Waals surface area contributed by atoms with Gasteiger partial charge in [0.1, 0.15) is 11.4 Å². The topological polar surface area (TPSA) is 31.2 Å². The lowest BCUT2D eigenvalue weighted by molar-refractivity contribution is -0.148. The maximum Gasteiger partial charge on any atom is 0.331 e. The van der Waals surface area contributed by atoms with Gasteiger partial charge in [0, 0.05) is 28.2 Å². The van der Waals surface area contributed by atoms with Gasteiger partial charge in [-0.05, 0) is 71.9 Å². The second-order valence-corrected chi connectivity index (χ2v) is 7.65. The van der Waals surface area contributed by atoms with E-state index in [0.717, 1.165) is 16.6 Å². The third-order valence-corrected chi connectivity index (χ3v) is 3.26. The van der Waals surface area contributed by atoms with E-state index in [-0.39, 0.29) is 11.4 Å². The fourth-order valence-corrected chi connectivity index (χ4v) is 2.57. The summed E-state index contributed by atoms with van der Waals surface area (Å²) in [5, 5.41) is 0.809. The fourth-order valence-electron chi connectivity index (χ4n) is 2.57. The molecule has 1 aromatic heterocycles. The molecule has 2 rings (SSSR count). The third kappa shape index (κ3) is 4.21. The summed E-state index contributed by atoms with van der Waals surface area (Å²) >= 11 is 0. The number of hydrogen-bond donors (Lipinski definition) is 0. The van der Waals surface area contributed by atoms with Crippen LogP contribution in [-0.2, 0) is 15.1 Å². The van der Waals surface area contributed by atoms with Gasteiger partial charge in [-0.25, -0.2) is 9.18 Å². The first-order valence-electron chi connectivity index (χ1n) is 7.70. The van der Waals surface area contributed by atoms with E-state index in [2.05, 4.69) is 25.3 Å². The van der Waals surface area contributed by atoms with Gasteiger partial charge in [0.25, 0.3) is 0 Å². The van der Waals surface area contributed by atoms with Crippen LogP contribution in [0, 0.1) is 5.82 Å². The van der Waals surface area contributed by atoms with Crippen LogP contribution in [0.15, 0.2) is 30.3 Å². The highest BCUT2D eigenvalue weighted by atomic mass is 19.1. The molecule has 4 heteroatoms. The van der Waals surface area contributed by atoms with Gasteiger partial charge in [-0.1, -0.05) is 0 Å². The monoisotopic (exact) mass is 317 g/mol. The van der Waals surface area contributed by atoms with Crippen LogP contribution >= 0.6 is 0 Å². The molecule has 1 aromatic carbocycles. The van der Waals surface area contributed by atoms with Crippen LogP contribution in [0.2, 0.25) is 0 Å². The Morgan fingerprint density at radius 1 is 1.13 bits per heavy atom. The van der Waals surface area contributed by atoms with Crippen molar-refractivity contribution in [3.63, 3.8) is 0 Å². The second-order valence-electron chi connectivity index (χ2n) is 7.65. The lowest BCUT2D eigenvalue weighted by Crippen LogP contribution is -2.23. The predicted molar refractivity (Wildman–Crippen MR) is 91.8 cm³/mol. The molecule has 0 amide bonds. The molecule has 0 unspecified atom stereocenters. The molecule has 0 saturated heterocycles. The maximum absolute atomic E-state index is 13.5. The SMILES string of the molecule is CC(C)(C)OC(=O)/C=C/c1cc2cc(F)ccc2n1C(C)(C)C. The fraction of sp³-hybridized carbons (Fsp3) is 0.421. The first-order valence-corrected chi connectivity index (χ1v) is 7.70. The lowest BCUT2D eigenvalue weighted by atomic mass is 10.1. The number of benzene rings is 1. The number of fused-ring (bicyclic) bond motifs is 1. The van der Waals surface area contributed by atoms with Gasteiger partial charge in [-0.2, -0.15) is 0 Å². The van der Waals surface area contributed by atoms with E-state index >= 15 is 0 Å². The summed E-state index contributed by atoms with van der Waals surface area (Å²) < 4.78 is 20.8. The van der Waals surface area contributed by atoms with Crippen LogP contribution in [0.3, 0.4) is 0 Å². The highest BCUT2D eigenvalue weighted by Gasteiger charge is 2.20. The van der Waals surface area contributed by atoms with Crippen LogP contribution in [0.1, 0.15) is 47.2 Å². The second kappa shape index (κ2) is 5.84. The quantitative estimate of drug-likeness (QED) is 0.583. The molecule has 0 N–H and O–H groups in total. The smallest absolute Gasteiger partial charge is 0.331 e. The van der Waals surface area contributed by atoms with Crippen LogP contribution in [0.5, 0.6) is 0 Å². The Kier molecular flexibility index (Phi) is 4.38. The van der Waals surface area contributed by atoms with Crippen molar-refractivity contribution in [1.82, 2.24) is 4.57 Å². The van der Waals surface area contributed by atoms with Gasteiger partial charge in [-0.15, -0.1) is 0 Å². The Balaban J connectivity index is 2.46. The van der Waals surface area contributed by atoms with Crippen molar-refractivity contribution >= 4 is 22.9 Å². The first kappa shape index (κ1) is 17.3. The minimum absolute atomic E-state index is 0.201. The van der Waals surface area contributed by atoms with Crippen molar-refractivity contribution in [2.24, 2.45) is 0 Å². The standard InChI is InChI=1S/C19H24FNO2/c1-18(2,3)21-15(8-10-17(22)23-19(4,5)6)12-13-11-14(20)7-9-16(13)21/h7-12H,1-6H3/b10-8+. The van der Waals surface area contributed by atoms with Gasteiger partial charge in [0.05, 0.1) is 0 Å².